The summed E-state index contributed by atoms with van der Waals surface area (Å²) in [6.45, 7) is 7.63. The van der Waals surface area contributed by atoms with Crippen LogP contribution in [0.2, 0.25) is 0 Å². The molecule has 218 valence electrons. The Hall–Kier alpha value is -2.74. The molecule has 1 saturated heterocycles. The van der Waals surface area contributed by atoms with Gasteiger partial charge in [0.2, 0.25) is 23.6 Å². The summed E-state index contributed by atoms with van der Waals surface area (Å²) in [5, 5.41) is 10.3. The van der Waals surface area contributed by atoms with Gasteiger partial charge in [-0.15, -0.1) is 0 Å². The molecule has 0 spiro atoms. The van der Waals surface area contributed by atoms with E-state index in [2.05, 4.69) is 21.3 Å². The molecule has 14 heteroatoms. The standard InChI is InChI=1S/C25H38N4O8S2/c1-24(2,3)37-19(31)10-9-16-21(33)28-17-14-39-38-11-7-6-8-15(12-18(30)27-16)36-20(32)13-26-23(35)25(4,5)29-22(17)34/h6,8,15-17H,7,9-14H2,1-5H3,(H,26,35)(H,27,30)(H,28,33)(H,29,34)/b8-6+/t15-,16+,17+/m0/s1. The Kier molecular flexibility index (Phi) is 12.1. The van der Waals surface area contributed by atoms with Crippen LogP contribution in [-0.2, 0) is 38.2 Å². The predicted molar refractivity (Wildman–Crippen MR) is 147 cm³/mol. The van der Waals surface area contributed by atoms with Gasteiger partial charge in [-0.3, -0.25) is 28.8 Å². The fourth-order valence-electron chi connectivity index (χ4n) is 3.54. The van der Waals surface area contributed by atoms with Crippen molar-refractivity contribution < 1.29 is 38.2 Å². The zero-order valence-electron chi connectivity index (χ0n) is 22.9. The third-order valence-corrected chi connectivity index (χ3v) is 7.89. The zero-order chi connectivity index (χ0) is 29.2. The maximum absolute atomic E-state index is 13.3. The van der Waals surface area contributed by atoms with Gasteiger partial charge in [-0.05, 0) is 53.5 Å². The van der Waals surface area contributed by atoms with Gasteiger partial charge in [0, 0.05) is 17.9 Å². The topological polar surface area (TPSA) is 169 Å². The van der Waals surface area contributed by atoms with Crippen LogP contribution in [0.4, 0.5) is 0 Å². The Labute approximate surface area is 236 Å². The summed E-state index contributed by atoms with van der Waals surface area (Å²) < 4.78 is 10.7. The Morgan fingerprint density at radius 1 is 1.10 bits per heavy atom. The van der Waals surface area contributed by atoms with E-state index < -0.39 is 71.4 Å². The highest BCUT2D eigenvalue weighted by Gasteiger charge is 2.35. The van der Waals surface area contributed by atoms with Crippen LogP contribution in [0, 0.1) is 0 Å². The van der Waals surface area contributed by atoms with E-state index in [9.17, 15) is 28.8 Å². The summed E-state index contributed by atoms with van der Waals surface area (Å²) >= 11 is 0. The Bertz CT molecular complexity index is 980. The Morgan fingerprint density at radius 2 is 1.82 bits per heavy atom. The number of allylic oxidation sites excluding steroid dienone is 1. The van der Waals surface area contributed by atoms with Crippen molar-refractivity contribution in [3.63, 3.8) is 0 Å². The van der Waals surface area contributed by atoms with Crippen molar-refractivity contribution in [2.75, 3.05) is 18.1 Å². The van der Waals surface area contributed by atoms with Crippen LogP contribution < -0.4 is 21.3 Å². The van der Waals surface area contributed by atoms with Crippen LogP contribution in [0.1, 0.15) is 60.3 Å². The van der Waals surface area contributed by atoms with Gasteiger partial charge < -0.3 is 30.7 Å². The molecule has 2 aliphatic heterocycles. The number of carbonyl (C=O) groups excluding carboxylic acids is 6. The van der Waals surface area contributed by atoms with Gasteiger partial charge in [0.25, 0.3) is 0 Å². The van der Waals surface area contributed by atoms with Crippen molar-refractivity contribution in [1.82, 2.24) is 21.3 Å². The average Bonchev–Trinajstić information content (AvgIpc) is 2.81. The normalized spacial score (nSPS) is 26.6. The smallest absolute Gasteiger partial charge is 0.326 e. The number of fused-ring (bicyclic) bond motifs is 7. The van der Waals surface area contributed by atoms with Crippen molar-refractivity contribution in [2.45, 2.75) is 89.6 Å². The SMILES string of the molecule is CC(C)(C)OC(=O)CC[C@H]1NC(=O)C[C@@H]2/C=C/CCSSC[C@@H](NC1=O)C(=O)NC(C)(C)C(=O)NCC(=O)O2. The second kappa shape index (κ2) is 14.6. The van der Waals surface area contributed by atoms with Crippen molar-refractivity contribution in [3.05, 3.63) is 12.2 Å². The van der Waals surface area contributed by atoms with E-state index in [0.717, 1.165) is 0 Å². The number of amides is 4. The van der Waals surface area contributed by atoms with Crippen molar-refractivity contribution in [2.24, 2.45) is 0 Å². The van der Waals surface area contributed by atoms with Gasteiger partial charge in [-0.25, -0.2) is 0 Å². The molecular formula is C25H38N4O8S2. The highest BCUT2D eigenvalue weighted by molar-refractivity contribution is 8.76. The first-order valence-electron chi connectivity index (χ1n) is 12.7. The molecule has 4 amide bonds. The van der Waals surface area contributed by atoms with E-state index in [0.29, 0.717) is 12.2 Å². The van der Waals surface area contributed by atoms with Crippen molar-refractivity contribution in [1.29, 1.82) is 0 Å². The number of hydrogen-bond acceptors (Lipinski definition) is 10. The summed E-state index contributed by atoms with van der Waals surface area (Å²) in [6.07, 6.45) is 2.50. The number of rotatable bonds is 3. The van der Waals surface area contributed by atoms with Crippen LogP contribution in [-0.4, -0.2) is 82.9 Å². The van der Waals surface area contributed by atoms with Gasteiger partial charge >= 0.3 is 11.9 Å². The largest absolute Gasteiger partial charge is 0.460 e. The number of esters is 2. The Balaban J connectivity index is 2.41. The van der Waals surface area contributed by atoms with Crippen LogP contribution >= 0.6 is 21.6 Å². The number of ether oxygens (including phenoxy) is 2. The molecule has 2 rings (SSSR count). The molecule has 2 bridgehead atoms. The number of carbonyl (C=O) groups is 6. The van der Waals surface area contributed by atoms with Gasteiger partial charge in [0.05, 0.1) is 6.42 Å². The molecule has 1 fully saturated rings. The lowest BCUT2D eigenvalue weighted by atomic mass is 10.0. The molecule has 0 aromatic rings. The molecule has 0 aromatic heterocycles. The first kappa shape index (κ1) is 32.5. The molecule has 0 radical (unpaired) electrons. The molecule has 0 aliphatic carbocycles. The lowest BCUT2D eigenvalue weighted by Crippen LogP contribution is -2.61. The summed E-state index contributed by atoms with van der Waals surface area (Å²) in [5.41, 5.74) is -2.14. The fraction of sp³-hybridized carbons (Fsp3) is 0.680. The minimum Gasteiger partial charge on any atom is -0.460 e. The van der Waals surface area contributed by atoms with Crippen LogP contribution in [0.25, 0.3) is 0 Å². The molecular weight excluding hydrogens is 548 g/mol. The second-order valence-electron chi connectivity index (χ2n) is 10.7. The van der Waals surface area contributed by atoms with E-state index in [-0.39, 0.29) is 25.0 Å². The third-order valence-electron chi connectivity index (χ3n) is 5.44. The molecule has 39 heavy (non-hydrogen) atoms. The monoisotopic (exact) mass is 586 g/mol. The first-order chi connectivity index (χ1) is 18.2. The van der Waals surface area contributed by atoms with E-state index in [1.165, 1.54) is 35.4 Å². The van der Waals surface area contributed by atoms with Crippen molar-refractivity contribution in [3.8, 4) is 0 Å². The maximum atomic E-state index is 13.3. The first-order valence-corrected chi connectivity index (χ1v) is 15.2. The lowest BCUT2D eigenvalue weighted by Gasteiger charge is -2.29. The molecule has 4 N–H and O–H groups in total. The highest BCUT2D eigenvalue weighted by atomic mass is 33.1. The van der Waals surface area contributed by atoms with Gasteiger partial charge in [0.15, 0.2) is 0 Å². The van der Waals surface area contributed by atoms with E-state index in [1.54, 1.807) is 32.9 Å². The molecule has 12 nitrogen and oxygen atoms in total. The minimum absolute atomic E-state index is 0.0864. The van der Waals surface area contributed by atoms with Crippen LogP contribution in [0.15, 0.2) is 12.2 Å². The van der Waals surface area contributed by atoms with Gasteiger partial charge in [0.1, 0.15) is 35.9 Å². The van der Waals surface area contributed by atoms with Crippen LogP contribution in [0.5, 0.6) is 0 Å². The number of nitrogens with one attached hydrogen (secondary N) is 4. The quantitative estimate of drug-likeness (QED) is 0.210. The highest BCUT2D eigenvalue weighted by Crippen LogP contribution is 2.24. The maximum Gasteiger partial charge on any atom is 0.326 e. The minimum atomic E-state index is -1.41. The lowest BCUT2D eigenvalue weighted by molar-refractivity contribution is -0.155. The molecule has 2 aliphatic rings. The zero-order valence-corrected chi connectivity index (χ0v) is 24.6. The predicted octanol–water partition coefficient (Wildman–Crippen LogP) is 0.746. The summed E-state index contributed by atoms with van der Waals surface area (Å²) in [4.78, 5) is 77.0. The molecule has 3 atom stereocenters. The van der Waals surface area contributed by atoms with E-state index in [1.807, 2.05) is 0 Å². The third kappa shape index (κ3) is 11.9. The molecule has 2 heterocycles. The van der Waals surface area contributed by atoms with Gasteiger partial charge in [-0.2, -0.15) is 0 Å². The average molecular weight is 587 g/mol. The summed E-state index contributed by atoms with van der Waals surface area (Å²) in [5.74, 6) is -2.99. The molecule has 0 unspecified atom stereocenters. The van der Waals surface area contributed by atoms with Gasteiger partial charge in [-0.1, -0.05) is 27.7 Å². The Morgan fingerprint density at radius 3 is 2.51 bits per heavy atom. The summed E-state index contributed by atoms with van der Waals surface area (Å²) in [7, 11) is 2.85. The fourth-order valence-corrected chi connectivity index (χ4v) is 5.70. The van der Waals surface area contributed by atoms with E-state index >= 15 is 0 Å². The van der Waals surface area contributed by atoms with E-state index in [4.69, 9.17) is 9.47 Å². The van der Waals surface area contributed by atoms with Crippen molar-refractivity contribution >= 4 is 57.2 Å². The summed E-state index contributed by atoms with van der Waals surface area (Å²) in [6, 6.07) is -2.22. The second-order valence-corrected chi connectivity index (χ2v) is 13.3. The van der Waals surface area contributed by atoms with Crippen LogP contribution in [0.3, 0.4) is 0 Å². The number of hydrogen-bond donors (Lipinski definition) is 4. The molecule has 0 saturated carbocycles. The molecule has 0 aromatic carbocycles.